The highest BCUT2D eigenvalue weighted by Crippen LogP contribution is 2.40. The minimum absolute atomic E-state index is 0.170. The highest BCUT2D eigenvalue weighted by atomic mass is 35.5. The number of carbonyl (C=O) groups is 1. The van der Waals surface area contributed by atoms with E-state index in [4.69, 9.17) is 33.0 Å². The number of alkyl halides is 1. The summed E-state index contributed by atoms with van der Waals surface area (Å²) in [5.41, 5.74) is 4.20. The van der Waals surface area contributed by atoms with Crippen molar-refractivity contribution in [2.75, 3.05) is 44.7 Å². The van der Waals surface area contributed by atoms with Crippen molar-refractivity contribution in [3.63, 3.8) is 0 Å². The van der Waals surface area contributed by atoms with Crippen LogP contribution in [-0.2, 0) is 22.5 Å². The molecule has 2 aromatic carbocycles. The Balaban J connectivity index is 1.27. The molecule has 1 N–H and O–H groups in total. The summed E-state index contributed by atoms with van der Waals surface area (Å²) in [4.78, 5) is 22.2. The second-order valence-electron chi connectivity index (χ2n) is 11.3. The van der Waals surface area contributed by atoms with Crippen LogP contribution in [0.3, 0.4) is 0 Å². The minimum Gasteiger partial charge on any atom is -0.464 e. The summed E-state index contributed by atoms with van der Waals surface area (Å²) in [7, 11) is 2.07. The number of likely N-dealkylation sites (N-methyl/N-ethyl adjacent to an activating group) is 1. The lowest BCUT2D eigenvalue weighted by Crippen LogP contribution is -2.40. The molecule has 0 amide bonds. The number of ether oxygens (including phenoxy) is 1. The molecular formula is C31H35Cl2FN6O3. The van der Waals surface area contributed by atoms with Gasteiger partial charge in [-0.15, -0.1) is 0 Å². The van der Waals surface area contributed by atoms with Crippen LogP contribution in [0.4, 0.5) is 10.1 Å². The molecule has 0 saturated carbocycles. The van der Waals surface area contributed by atoms with Crippen LogP contribution in [0.2, 0.25) is 10.0 Å². The van der Waals surface area contributed by atoms with Crippen LogP contribution in [0.25, 0.3) is 22.0 Å². The van der Waals surface area contributed by atoms with Gasteiger partial charge in [0.15, 0.2) is 6.04 Å². The Morgan fingerprint density at radius 1 is 1.23 bits per heavy atom. The van der Waals surface area contributed by atoms with Gasteiger partial charge in [0.25, 0.3) is 0 Å². The molecule has 2 unspecified atom stereocenters. The molecule has 1 fully saturated rings. The van der Waals surface area contributed by atoms with Gasteiger partial charge in [-0.25, -0.2) is 14.2 Å². The van der Waals surface area contributed by atoms with Crippen LogP contribution in [-0.4, -0.2) is 87.4 Å². The highest BCUT2D eigenvalue weighted by molar-refractivity contribution is 6.42. The zero-order valence-electron chi connectivity index (χ0n) is 24.2. The molecule has 0 bridgehead atoms. The summed E-state index contributed by atoms with van der Waals surface area (Å²) in [6.45, 7) is 5.78. The monoisotopic (exact) mass is 628 g/mol. The molecule has 228 valence electrons. The molecular weight excluding hydrogens is 594 g/mol. The van der Waals surface area contributed by atoms with E-state index in [1.807, 2.05) is 18.2 Å². The predicted molar refractivity (Wildman–Crippen MR) is 166 cm³/mol. The molecule has 12 heteroatoms. The Kier molecular flexibility index (Phi) is 8.64. The van der Waals surface area contributed by atoms with Crippen LogP contribution in [0.15, 0.2) is 42.9 Å². The van der Waals surface area contributed by atoms with Gasteiger partial charge in [0, 0.05) is 68.2 Å². The Hall–Kier alpha value is -3.18. The number of aliphatic hydroxyl groups excluding tert-OH is 1. The van der Waals surface area contributed by atoms with E-state index < -0.39 is 18.2 Å². The molecule has 4 aromatic rings. The van der Waals surface area contributed by atoms with Crippen molar-refractivity contribution in [3.05, 3.63) is 64.3 Å². The van der Waals surface area contributed by atoms with Gasteiger partial charge in [0.2, 0.25) is 0 Å². The molecule has 43 heavy (non-hydrogen) atoms. The third-order valence-corrected chi connectivity index (χ3v) is 9.15. The maximum Gasteiger partial charge on any atom is 0.337 e. The predicted octanol–water partition coefficient (Wildman–Crippen LogP) is 5.15. The summed E-state index contributed by atoms with van der Waals surface area (Å²) >= 11 is 13.7. The Morgan fingerprint density at radius 3 is 2.70 bits per heavy atom. The zero-order chi connectivity index (χ0) is 30.2. The smallest absolute Gasteiger partial charge is 0.337 e. The van der Waals surface area contributed by atoms with E-state index in [1.54, 1.807) is 24.0 Å². The fourth-order valence-electron chi connectivity index (χ4n) is 6.01. The van der Waals surface area contributed by atoms with Crippen LogP contribution in [0.5, 0.6) is 0 Å². The topological polar surface area (TPSA) is 88.7 Å². The number of carbonyl (C=O) groups excluding carboxylic acids is 1. The number of rotatable bonds is 9. The van der Waals surface area contributed by atoms with E-state index >= 15 is 0 Å². The number of piperidine rings is 1. The molecule has 2 aliphatic heterocycles. The number of imidazole rings is 1. The summed E-state index contributed by atoms with van der Waals surface area (Å²) in [6, 6.07) is 8.92. The number of esters is 1. The number of benzene rings is 2. The SMILES string of the molecule is CCOC(=O)C(c1ncn2c1CC(F)C2)n1cc2c(Cl)cc(-c3ccc(N(C)CCN4CCC(O)CC4)cc3)c(Cl)c2n1. The van der Waals surface area contributed by atoms with Crippen LogP contribution < -0.4 is 4.90 Å². The van der Waals surface area contributed by atoms with Gasteiger partial charge in [-0.1, -0.05) is 35.3 Å². The largest absolute Gasteiger partial charge is 0.464 e. The number of hydrogen-bond acceptors (Lipinski definition) is 7. The maximum atomic E-state index is 14.2. The lowest BCUT2D eigenvalue weighted by Gasteiger charge is -2.31. The first-order chi connectivity index (χ1) is 20.7. The molecule has 0 spiro atoms. The van der Waals surface area contributed by atoms with E-state index in [-0.39, 0.29) is 25.7 Å². The van der Waals surface area contributed by atoms with E-state index in [9.17, 15) is 14.3 Å². The molecule has 2 aliphatic rings. The van der Waals surface area contributed by atoms with Crippen molar-refractivity contribution in [1.29, 1.82) is 0 Å². The molecule has 6 rings (SSSR count). The van der Waals surface area contributed by atoms with Crippen molar-refractivity contribution < 1.29 is 19.0 Å². The molecule has 2 aromatic heterocycles. The van der Waals surface area contributed by atoms with Gasteiger partial charge in [-0.2, -0.15) is 5.10 Å². The number of likely N-dealkylation sites (tertiary alicyclic amines) is 1. The Labute approximate surface area is 259 Å². The summed E-state index contributed by atoms with van der Waals surface area (Å²) in [5, 5.41) is 15.9. The number of nitrogens with zero attached hydrogens (tertiary/aromatic N) is 6. The van der Waals surface area contributed by atoms with E-state index in [1.165, 1.54) is 4.68 Å². The first-order valence-corrected chi connectivity index (χ1v) is 15.4. The second kappa shape index (κ2) is 12.4. The standard InChI is InChI=1S/C31H35Cl2FN6O3/c1-3-43-31(42)30(29-26-14-20(34)16-39(26)18-35-29)40-17-24-25(32)15-23(27(33)28(24)36-40)19-4-6-21(7-5-19)37(2)12-13-38-10-8-22(41)9-11-38/h4-7,15,17-18,20,22,30,41H,3,8-14,16H2,1-2H3. The van der Waals surface area contributed by atoms with E-state index in [0.717, 1.165) is 55.8 Å². The third-order valence-electron chi connectivity index (χ3n) is 8.45. The van der Waals surface area contributed by atoms with Crippen molar-refractivity contribution in [3.8, 4) is 11.1 Å². The number of aromatic nitrogens is 4. The zero-order valence-corrected chi connectivity index (χ0v) is 25.7. The number of aliphatic hydroxyl groups is 1. The van der Waals surface area contributed by atoms with Crippen LogP contribution >= 0.6 is 23.2 Å². The summed E-state index contributed by atoms with van der Waals surface area (Å²) in [6.07, 6.45) is 3.86. The lowest BCUT2D eigenvalue weighted by atomic mass is 10.0. The van der Waals surface area contributed by atoms with E-state index in [2.05, 4.69) is 34.0 Å². The quantitative estimate of drug-likeness (QED) is 0.257. The molecule has 1 saturated heterocycles. The molecule has 9 nitrogen and oxygen atoms in total. The van der Waals surface area contributed by atoms with Crippen LogP contribution in [0.1, 0.15) is 37.2 Å². The van der Waals surface area contributed by atoms with Crippen molar-refractivity contribution >= 4 is 45.8 Å². The van der Waals surface area contributed by atoms with Gasteiger partial charge in [0.1, 0.15) is 11.7 Å². The maximum absolute atomic E-state index is 14.2. The number of anilines is 1. The van der Waals surface area contributed by atoms with Crippen molar-refractivity contribution in [2.45, 2.75) is 51.0 Å². The summed E-state index contributed by atoms with van der Waals surface area (Å²) < 4.78 is 22.8. The fourth-order valence-corrected chi connectivity index (χ4v) is 6.56. The first-order valence-electron chi connectivity index (χ1n) is 14.7. The average Bonchev–Trinajstić information content (AvgIpc) is 3.70. The Bertz CT molecular complexity index is 1620. The van der Waals surface area contributed by atoms with Gasteiger partial charge in [-0.05, 0) is 43.5 Å². The molecule has 4 heterocycles. The molecule has 2 atom stereocenters. The first kappa shape index (κ1) is 29.9. The van der Waals surface area contributed by atoms with Crippen molar-refractivity contribution in [2.24, 2.45) is 0 Å². The summed E-state index contributed by atoms with van der Waals surface area (Å²) in [5.74, 6) is -0.538. The number of halogens is 3. The average molecular weight is 630 g/mol. The van der Waals surface area contributed by atoms with E-state index in [0.29, 0.717) is 32.3 Å². The van der Waals surface area contributed by atoms with Gasteiger partial charge >= 0.3 is 5.97 Å². The lowest BCUT2D eigenvalue weighted by molar-refractivity contribution is -0.146. The fraction of sp³-hybridized carbons (Fsp3) is 0.452. The van der Waals surface area contributed by atoms with Gasteiger partial charge in [-0.3, -0.25) is 4.68 Å². The Morgan fingerprint density at radius 2 is 1.98 bits per heavy atom. The van der Waals surface area contributed by atoms with Crippen LogP contribution in [0, 0.1) is 0 Å². The normalized spacial score (nSPS) is 18.2. The van der Waals surface area contributed by atoms with Gasteiger partial charge in [0.05, 0.1) is 41.3 Å². The third kappa shape index (κ3) is 5.98. The van der Waals surface area contributed by atoms with Gasteiger partial charge < -0.3 is 24.2 Å². The highest BCUT2D eigenvalue weighted by Gasteiger charge is 2.35. The number of hydrogen-bond donors (Lipinski definition) is 1. The molecule has 0 radical (unpaired) electrons. The number of fused-ring (bicyclic) bond motifs is 2. The minimum atomic E-state index is -1.03. The molecule has 0 aliphatic carbocycles. The van der Waals surface area contributed by atoms with Crippen molar-refractivity contribution in [1.82, 2.24) is 24.2 Å². The second-order valence-corrected chi connectivity index (χ2v) is 12.1.